The summed E-state index contributed by atoms with van der Waals surface area (Å²) in [5, 5.41) is 0. The molecule has 1 heterocycles. The van der Waals surface area contributed by atoms with Crippen molar-refractivity contribution in [3.05, 3.63) is 27.5 Å². The van der Waals surface area contributed by atoms with Crippen molar-refractivity contribution in [3.8, 4) is 17.2 Å². The molecular formula is C18H25IN4O2. The van der Waals surface area contributed by atoms with Crippen LogP contribution in [0.25, 0.3) is 0 Å². The summed E-state index contributed by atoms with van der Waals surface area (Å²) in [4.78, 5) is 7.88. The Morgan fingerprint density at radius 3 is 2.44 bits per heavy atom. The highest BCUT2D eigenvalue weighted by molar-refractivity contribution is 14.1. The number of nitrogens with zero attached hydrogens (tertiary/aromatic N) is 2. The first kappa shape index (κ1) is 19.6. The molecule has 0 bridgehead atoms. The second kappa shape index (κ2) is 8.55. The van der Waals surface area contributed by atoms with Gasteiger partial charge < -0.3 is 20.9 Å². The van der Waals surface area contributed by atoms with Crippen molar-refractivity contribution in [2.45, 2.75) is 52.6 Å². The number of benzene rings is 1. The Labute approximate surface area is 162 Å². The fourth-order valence-electron chi connectivity index (χ4n) is 2.46. The monoisotopic (exact) mass is 456 g/mol. The lowest BCUT2D eigenvalue weighted by molar-refractivity contribution is 0.208. The molecule has 1 unspecified atom stereocenters. The molecule has 0 saturated carbocycles. The van der Waals surface area contributed by atoms with Crippen LogP contribution in [0, 0.1) is 3.57 Å². The second-order valence-corrected chi connectivity index (χ2v) is 7.43. The third-order valence-corrected chi connectivity index (χ3v) is 4.57. The number of ether oxygens (including phenoxy) is 2. The molecule has 2 aromatic rings. The summed E-state index contributed by atoms with van der Waals surface area (Å²) in [5.74, 6) is 2.58. The summed E-state index contributed by atoms with van der Waals surface area (Å²) in [6, 6.07) is 4.00. The van der Waals surface area contributed by atoms with Crippen molar-refractivity contribution in [1.82, 2.24) is 9.97 Å². The molecule has 0 fully saturated rings. The van der Waals surface area contributed by atoms with Crippen LogP contribution in [-0.4, -0.2) is 16.1 Å². The van der Waals surface area contributed by atoms with Crippen LogP contribution in [0.1, 0.15) is 52.0 Å². The molecule has 0 spiro atoms. The van der Waals surface area contributed by atoms with E-state index in [9.17, 15) is 0 Å². The van der Waals surface area contributed by atoms with Gasteiger partial charge in [-0.1, -0.05) is 27.2 Å². The highest BCUT2D eigenvalue weighted by Gasteiger charge is 2.17. The number of hydrogen-bond acceptors (Lipinski definition) is 6. The van der Waals surface area contributed by atoms with E-state index in [0.29, 0.717) is 5.75 Å². The average Bonchev–Trinajstić information content (AvgIpc) is 2.52. The summed E-state index contributed by atoms with van der Waals surface area (Å²) in [7, 11) is 0. The molecule has 0 radical (unpaired) electrons. The van der Waals surface area contributed by atoms with Crippen LogP contribution >= 0.6 is 22.6 Å². The Morgan fingerprint density at radius 2 is 1.84 bits per heavy atom. The van der Waals surface area contributed by atoms with Crippen LogP contribution in [0.3, 0.4) is 0 Å². The van der Waals surface area contributed by atoms with Gasteiger partial charge in [-0.3, -0.25) is 0 Å². The van der Waals surface area contributed by atoms with E-state index in [2.05, 4.69) is 60.3 Å². The van der Waals surface area contributed by atoms with Gasteiger partial charge in [0.1, 0.15) is 11.5 Å². The minimum absolute atomic E-state index is 0.122. The Bertz CT molecular complexity index is 737. The zero-order valence-electron chi connectivity index (χ0n) is 15.0. The van der Waals surface area contributed by atoms with Gasteiger partial charge in [0, 0.05) is 5.56 Å². The number of aromatic nitrogens is 2. The molecule has 7 heteroatoms. The van der Waals surface area contributed by atoms with Crippen molar-refractivity contribution in [2.24, 2.45) is 0 Å². The highest BCUT2D eigenvalue weighted by Crippen LogP contribution is 2.38. The Kier molecular flexibility index (Phi) is 6.69. The first-order valence-corrected chi connectivity index (χ1v) is 9.45. The largest absolute Gasteiger partial charge is 0.490 e. The minimum Gasteiger partial charge on any atom is -0.490 e. The van der Waals surface area contributed by atoms with Crippen LogP contribution in [0.2, 0.25) is 0 Å². The minimum atomic E-state index is 0.122. The van der Waals surface area contributed by atoms with E-state index in [1.807, 2.05) is 12.1 Å². The first-order valence-electron chi connectivity index (χ1n) is 8.37. The number of nitrogen functional groups attached to an aromatic ring is 2. The van der Waals surface area contributed by atoms with Gasteiger partial charge in [-0.25, -0.2) is 4.98 Å². The van der Waals surface area contributed by atoms with Gasteiger partial charge in [0.25, 0.3) is 0 Å². The molecular weight excluding hydrogens is 431 g/mol. The SMILES string of the molecule is CCCC(C)Oc1cc(C(C)C)c(Oc2cnc(N)nc2N)cc1I. The van der Waals surface area contributed by atoms with Gasteiger partial charge in [-0.05, 0) is 54.0 Å². The molecule has 1 atom stereocenters. The third-order valence-electron chi connectivity index (χ3n) is 3.73. The molecule has 1 aromatic carbocycles. The van der Waals surface area contributed by atoms with Crippen molar-refractivity contribution in [3.63, 3.8) is 0 Å². The molecule has 6 nitrogen and oxygen atoms in total. The number of anilines is 2. The predicted octanol–water partition coefficient (Wildman–Crippen LogP) is 4.73. The lowest BCUT2D eigenvalue weighted by atomic mass is 10.0. The summed E-state index contributed by atoms with van der Waals surface area (Å²) in [6.45, 7) is 8.46. The smallest absolute Gasteiger partial charge is 0.222 e. The van der Waals surface area contributed by atoms with Gasteiger partial charge in [0.2, 0.25) is 5.95 Å². The Hall–Kier alpha value is -1.77. The number of nitrogens with two attached hydrogens (primary N) is 2. The predicted molar refractivity (Wildman–Crippen MR) is 109 cm³/mol. The molecule has 0 aliphatic heterocycles. The van der Waals surface area contributed by atoms with Crippen LogP contribution in [0.5, 0.6) is 17.2 Å². The topological polar surface area (TPSA) is 96.3 Å². The highest BCUT2D eigenvalue weighted by atomic mass is 127. The quantitative estimate of drug-likeness (QED) is 0.585. The van der Waals surface area contributed by atoms with Crippen molar-refractivity contribution < 1.29 is 9.47 Å². The standard InChI is InChI=1S/C18H25IN4O2/c1-5-6-11(4)24-15-7-12(10(2)3)14(8-13(15)19)25-16-9-22-18(21)23-17(16)20/h7-11H,5-6H2,1-4H3,(H4,20,21,22,23). The van der Waals surface area contributed by atoms with Gasteiger partial charge in [0.05, 0.1) is 15.9 Å². The van der Waals surface area contributed by atoms with Gasteiger partial charge in [-0.2, -0.15) is 4.98 Å². The molecule has 136 valence electrons. The van der Waals surface area contributed by atoms with E-state index < -0.39 is 0 Å². The molecule has 4 N–H and O–H groups in total. The number of halogens is 1. The number of hydrogen-bond donors (Lipinski definition) is 2. The second-order valence-electron chi connectivity index (χ2n) is 6.27. The zero-order chi connectivity index (χ0) is 18.6. The Morgan fingerprint density at radius 1 is 1.12 bits per heavy atom. The normalized spacial score (nSPS) is 12.2. The summed E-state index contributed by atoms with van der Waals surface area (Å²) in [5.41, 5.74) is 12.5. The van der Waals surface area contributed by atoms with Crippen LogP contribution in [0.4, 0.5) is 11.8 Å². The van der Waals surface area contributed by atoms with Gasteiger partial charge in [0.15, 0.2) is 11.6 Å². The average molecular weight is 456 g/mol. The van der Waals surface area contributed by atoms with Crippen LogP contribution in [0.15, 0.2) is 18.3 Å². The molecule has 2 rings (SSSR count). The maximum atomic E-state index is 6.09. The summed E-state index contributed by atoms with van der Waals surface area (Å²) < 4.78 is 13.1. The summed E-state index contributed by atoms with van der Waals surface area (Å²) >= 11 is 2.26. The van der Waals surface area contributed by atoms with Crippen LogP contribution < -0.4 is 20.9 Å². The van der Waals surface area contributed by atoms with Crippen molar-refractivity contribution >= 4 is 34.4 Å². The molecule has 0 saturated heterocycles. The van der Waals surface area contributed by atoms with E-state index in [0.717, 1.165) is 33.5 Å². The molecule has 0 aliphatic carbocycles. The van der Waals surface area contributed by atoms with E-state index >= 15 is 0 Å². The lowest BCUT2D eigenvalue weighted by Crippen LogP contribution is -2.12. The molecule has 0 aliphatic rings. The van der Waals surface area contributed by atoms with Gasteiger partial charge in [-0.15, -0.1) is 0 Å². The zero-order valence-corrected chi connectivity index (χ0v) is 17.2. The fraction of sp³-hybridized carbons (Fsp3) is 0.444. The maximum absolute atomic E-state index is 6.09. The van der Waals surface area contributed by atoms with E-state index in [1.54, 1.807) is 0 Å². The van der Waals surface area contributed by atoms with Gasteiger partial charge >= 0.3 is 0 Å². The molecule has 0 amide bonds. The molecule has 25 heavy (non-hydrogen) atoms. The lowest BCUT2D eigenvalue weighted by Gasteiger charge is -2.20. The Balaban J connectivity index is 2.36. The summed E-state index contributed by atoms with van der Waals surface area (Å²) in [6.07, 6.45) is 3.77. The first-order chi connectivity index (χ1) is 11.8. The van der Waals surface area contributed by atoms with Crippen molar-refractivity contribution in [1.29, 1.82) is 0 Å². The third kappa shape index (κ3) is 5.10. The fourth-order valence-corrected chi connectivity index (χ4v) is 3.02. The van der Waals surface area contributed by atoms with E-state index in [1.165, 1.54) is 6.20 Å². The van der Waals surface area contributed by atoms with Crippen LogP contribution in [-0.2, 0) is 0 Å². The maximum Gasteiger partial charge on any atom is 0.222 e. The number of rotatable bonds is 7. The van der Waals surface area contributed by atoms with E-state index in [4.69, 9.17) is 20.9 Å². The van der Waals surface area contributed by atoms with E-state index in [-0.39, 0.29) is 23.8 Å². The van der Waals surface area contributed by atoms with Crippen molar-refractivity contribution in [2.75, 3.05) is 11.5 Å². The molecule has 1 aromatic heterocycles.